The fourth-order valence-electron chi connectivity index (χ4n) is 1.38. The second-order valence-corrected chi connectivity index (χ2v) is 4.54. The number of alkyl halides is 1. The third-order valence-electron chi connectivity index (χ3n) is 2.12. The molecule has 1 aromatic heterocycles. The molecule has 0 atom stereocenters. The lowest BCUT2D eigenvalue weighted by Crippen LogP contribution is -1.86. The van der Waals surface area contributed by atoms with E-state index in [2.05, 4.69) is 15.9 Å². The zero-order chi connectivity index (χ0) is 10.1. The van der Waals surface area contributed by atoms with Gasteiger partial charge in [0.05, 0.1) is 7.11 Å². The highest BCUT2D eigenvalue weighted by Crippen LogP contribution is 2.37. The zero-order valence-electron chi connectivity index (χ0n) is 7.71. The van der Waals surface area contributed by atoms with Gasteiger partial charge in [0.2, 0.25) is 0 Å². The maximum absolute atomic E-state index is 5.88. The lowest BCUT2D eigenvalue weighted by molar-refractivity contribution is 0.427. The van der Waals surface area contributed by atoms with Gasteiger partial charge in [-0.25, -0.2) is 0 Å². The van der Waals surface area contributed by atoms with E-state index in [0.29, 0.717) is 0 Å². The Balaban J connectivity index is 2.74. The summed E-state index contributed by atoms with van der Waals surface area (Å²) in [5.74, 6) is 0. The third-order valence-corrected chi connectivity index (χ3v) is 3.90. The first-order valence-corrected chi connectivity index (χ1v) is 6.11. The number of hydrogen-bond donors (Lipinski definition) is 1. The molecule has 0 fully saturated rings. The fraction of sp³-hybridized carbons (Fsp3) is 0.200. The molecular weight excluding hydrogens is 262 g/mol. The van der Waals surface area contributed by atoms with Crippen LogP contribution in [0, 0.1) is 0 Å². The molecule has 0 aliphatic carbocycles. The van der Waals surface area contributed by atoms with Crippen molar-refractivity contribution in [1.29, 1.82) is 0 Å². The summed E-state index contributed by atoms with van der Waals surface area (Å²) in [5, 5.41) is 2.83. The van der Waals surface area contributed by atoms with Crippen molar-refractivity contribution in [3.05, 3.63) is 23.8 Å². The minimum Gasteiger partial charge on any atom is -0.487 e. The summed E-state index contributed by atoms with van der Waals surface area (Å²) >= 11 is 5.09. The van der Waals surface area contributed by atoms with Crippen molar-refractivity contribution in [2.24, 2.45) is 0 Å². The molecule has 2 rings (SSSR count). The van der Waals surface area contributed by atoms with Crippen molar-refractivity contribution in [1.82, 2.24) is 0 Å². The van der Waals surface area contributed by atoms with E-state index in [0.717, 1.165) is 21.5 Å². The number of hydrogen-bond acceptors (Lipinski definition) is 3. The van der Waals surface area contributed by atoms with E-state index in [1.54, 1.807) is 18.4 Å². The van der Waals surface area contributed by atoms with E-state index < -0.39 is 0 Å². The molecule has 2 nitrogen and oxygen atoms in total. The summed E-state index contributed by atoms with van der Waals surface area (Å²) in [6.45, 7) is 0. The van der Waals surface area contributed by atoms with Gasteiger partial charge in [-0.2, -0.15) is 0 Å². The Morgan fingerprint density at radius 2 is 2.29 bits per heavy atom. The lowest BCUT2D eigenvalue weighted by Gasteiger charge is -1.99. The first-order valence-electron chi connectivity index (χ1n) is 4.17. The highest BCUT2D eigenvalue weighted by molar-refractivity contribution is 9.08. The maximum Gasteiger partial charge on any atom is 0.174 e. The van der Waals surface area contributed by atoms with Gasteiger partial charge in [0.1, 0.15) is 0 Å². The minimum atomic E-state index is 0.809. The molecule has 0 bridgehead atoms. The summed E-state index contributed by atoms with van der Waals surface area (Å²) < 4.78 is 6.41. The summed E-state index contributed by atoms with van der Waals surface area (Å²) in [5.41, 5.74) is 7.95. The number of thiophene rings is 1. The number of nitrogen functional groups attached to an aromatic ring is 1. The van der Waals surface area contributed by atoms with Gasteiger partial charge in [0.25, 0.3) is 0 Å². The van der Waals surface area contributed by atoms with Crippen LogP contribution in [-0.2, 0) is 5.33 Å². The Hall–Kier alpha value is -0.740. The largest absolute Gasteiger partial charge is 0.487 e. The number of anilines is 1. The van der Waals surface area contributed by atoms with Gasteiger partial charge < -0.3 is 10.5 Å². The van der Waals surface area contributed by atoms with Gasteiger partial charge >= 0.3 is 0 Å². The Labute approximate surface area is 94.8 Å². The van der Waals surface area contributed by atoms with Crippen molar-refractivity contribution < 1.29 is 4.74 Å². The van der Waals surface area contributed by atoms with E-state index in [1.807, 2.05) is 18.2 Å². The van der Waals surface area contributed by atoms with Crippen LogP contribution in [0.1, 0.15) is 5.56 Å². The summed E-state index contributed by atoms with van der Waals surface area (Å²) in [6.07, 6.45) is 0. The van der Waals surface area contributed by atoms with E-state index in [-0.39, 0.29) is 0 Å². The van der Waals surface area contributed by atoms with Crippen LogP contribution < -0.4 is 10.5 Å². The van der Waals surface area contributed by atoms with Crippen LogP contribution in [0.25, 0.3) is 10.1 Å². The van der Waals surface area contributed by atoms with E-state index >= 15 is 0 Å². The molecule has 1 heterocycles. The molecule has 14 heavy (non-hydrogen) atoms. The van der Waals surface area contributed by atoms with Gasteiger partial charge in [-0.05, 0) is 11.6 Å². The molecule has 4 heteroatoms. The number of nitrogens with two attached hydrogens (primary N) is 1. The number of methoxy groups -OCH3 is 1. The normalized spacial score (nSPS) is 10.7. The van der Waals surface area contributed by atoms with Crippen LogP contribution in [0.4, 0.5) is 5.69 Å². The average Bonchev–Trinajstić information content (AvgIpc) is 2.63. The van der Waals surface area contributed by atoms with Crippen LogP contribution in [-0.4, -0.2) is 7.11 Å². The topological polar surface area (TPSA) is 35.2 Å². The van der Waals surface area contributed by atoms with Crippen molar-refractivity contribution >= 4 is 43.0 Å². The van der Waals surface area contributed by atoms with Crippen LogP contribution in [0.2, 0.25) is 0 Å². The number of halogens is 1. The third kappa shape index (κ3) is 1.48. The molecular formula is C10H10BrNOS. The van der Waals surface area contributed by atoms with Crippen molar-refractivity contribution in [2.45, 2.75) is 5.33 Å². The maximum atomic E-state index is 5.88. The number of ether oxygens (including phenoxy) is 1. The summed E-state index contributed by atoms with van der Waals surface area (Å²) in [6, 6.07) is 5.97. The molecule has 74 valence electrons. The summed E-state index contributed by atoms with van der Waals surface area (Å²) in [7, 11) is 1.68. The van der Waals surface area contributed by atoms with Crippen molar-refractivity contribution in [3.8, 4) is 5.06 Å². The Morgan fingerprint density at radius 1 is 1.50 bits per heavy atom. The molecule has 0 radical (unpaired) electrons. The monoisotopic (exact) mass is 271 g/mol. The number of rotatable bonds is 2. The molecule has 0 amide bonds. The molecule has 1 aromatic carbocycles. The van der Waals surface area contributed by atoms with Gasteiger partial charge in [-0.1, -0.05) is 33.3 Å². The molecule has 0 spiro atoms. The SMILES string of the molecule is COc1cc2c(N)ccc(CBr)c2s1. The smallest absolute Gasteiger partial charge is 0.174 e. The van der Waals surface area contributed by atoms with E-state index in [1.165, 1.54) is 10.3 Å². The molecule has 2 N–H and O–H groups in total. The second kappa shape index (κ2) is 3.79. The molecule has 2 aromatic rings. The van der Waals surface area contributed by atoms with Crippen LogP contribution >= 0.6 is 27.3 Å². The Morgan fingerprint density at radius 3 is 2.93 bits per heavy atom. The van der Waals surface area contributed by atoms with Crippen molar-refractivity contribution in [2.75, 3.05) is 12.8 Å². The van der Waals surface area contributed by atoms with Crippen LogP contribution in [0.3, 0.4) is 0 Å². The Kier molecular flexibility index (Phi) is 2.65. The highest BCUT2D eigenvalue weighted by atomic mass is 79.9. The molecule has 0 unspecified atom stereocenters. The summed E-state index contributed by atoms with van der Waals surface area (Å²) in [4.78, 5) is 0. The first kappa shape index (κ1) is 9.80. The van der Waals surface area contributed by atoms with Crippen molar-refractivity contribution in [3.63, 3.8) is 0 Å². The average molecular weight is 272 g/mol. The number of fused-ring (bicyclic) bond motifs is 1. The second-order valence-electron chi connectivity index (χ2n) is 2.96. The van der Waals surface area contributed by atoms with Crippen LogP contribution in [0.15, 0.2) is 18.2 Å². The first-order chi connectivity index (χ1) is 6.76. The van der Waals surface area contributed by atoms with Gasteiger partial charge in [0.15, 0.2) is 5.06 Å². The highest BCUT2D eigenvalue weighted by Gasteiger charge is 2.08. The number of benzene rings is 1. The molecule has 0 aliphatic heterocycles. The fourth-order valence-corrected chi connectivity index (χ4v) is 3.06. The predicted octanol–water partition coefficient (Wildman–Crippen LogP) is 3.39. The van der Waals surface area contributed by atoms with Gasteiger partial charge in [0, 0.05) is 27.2 Å². The minimum absolute atomic E-state index is 0.809. The molecule has 0 aliphatic rings. The van der Waals surface area contributed by atoms with Gasteiger partial charge in [-0.15, -0.1) is 0 Å². The van der Waals surface area contributed by atoms with Gasteiger partial charge in [-0.3, -0.25) is 0 Å². The molecule has 0 saturated carbocycles. The zero-order valence-corrected chi connectivity index (χ0v) is 10.1. The predicted molar refractivity (Wildman–Crippen MR) is 65.4 cm³/mol. The lowest BCUT2D eigenvalue weighted by atomic mass is 10.1. The van der Waals surface area contributed by atoms with E-state index in [4.69, 9.17) is 10.5 Å². The molecule has 0 saturated heterocycles. The van der Waals surface area contributed by atoms with E-state index in [9.17, 15) is 0 Å². The standard InChI is InChI=1S/C10H10BrNOS/c1-13-9-4-7-8(12)3-2-6(5-11)10(7)14-9/h2-4H,5,12H2,1H3. The van der Waals surface area contributed by atoms with Crippen LogP contribution in [0.5, 0.6) is 5.06 Å². The Bertz CT molecular complexity index is 466. The quantitative estimate of drug-likeness (QED) is 0.671.